The van der Waals surface area contributed by atoms with Crippen molar-refractivity contribution in [3.8, 4) is 17.1 Å². The zero-order chi connectivity index (χ0) is 20.1. The van der Waals surface area contributed by atoms with E-state index in [0.717, 1.165) is 53.6 Å². The summed E-state index contributed by atoms with van der Waals surface area (Å²) < 4.78 is 7.51. The van der Waals surface area contributed by atoms with Crippen molar-refractivity contribution in [3.63, 3.8) is 0 Å². The Morgan fingerprint density at radius 1 is 1.07 bits per heavy atom. The van der Waals surface area contributed by atoms with Crippen molar-refractivity contribution in [2.45, 2.75) is 32.2 Å². The molecule has 0 fully saturated rings. The molecule has 6 nitrogen and oxygen atoms in total. The molecule has 6 heteroatoms. The lowest BCUT2D eigenvalue weighted by molar-refractivity contribution is -0.111. The quantitative estimate of drug-likeness (QED) is 0.661. The average Bonchev–Trinajstić information content (AvgIpc) is 3.01. The first kappa shape index (κ1) is 18.9. The van der Waals surface area contributed by atoms with Gasteiger partial charge in [-0.15, -0.1) is 10.2 Å². The molecule has 0 atom stereocenters. The molecular weight excluding hydrogens is 364 g/mol. The molecule has 0 unspecified atom stereocenters. The van der Waals surface area contributed by atoms with Crippen LogP contribution < -0.4 is 10.1 Å². The summed E-state index contributed by atoms with van der Waals surface area (Å²) in [5.41, 5.74) is 2.60. The zero-order valence-electron chi connectivity index (χ0n) is 16.5. The van der Waals surface area contributed by atoms with Crippen molar-refractivity contribution in [3.05, 3.63) is 66.0 Å². The summed E-state index contributed by atoms with van der Waals surface area (Å²) in [4.78, 5) is 12.3. The Balaban J connectivity index is 1.44. The fourth-order valence-corrected chi connectivity index (χ4v) is 3.55. The largest absolute Gasteiger partial charge is 0.496 e. The van der Waals surface area contributed by atoms with Gasteiger partial charge >= 0.3 is 0 Å². The molecule has 0 radical (unpaired) electrons. The summed E-state index contributed by atoms with van der Waals surface area (Å²) in [5, 5.41) is 11.6. The predicted octanol–water partition coefficient (Wildman–Crippen LogP) is 4.33. The number of ether oxygens (including phenoxy) is 1. The van der Waals surface area contributed by atoms with Gasteiger partial charge in [-0.2, -0.15) is 0 Å². The molecule has 1 amide bonds. The number of nitrogens with zero attached hydrogens (tertiary/aromatic N) is 3. The number of hydrogen-bond acceptors (Lipinski definition) is 4. The van der Waals surface area contributed by atoms with E-state index >= 15 is 0 Å². The third-order valence-electron chi connectivity index (χ3n) is 5.07. The highest BCUT2D eigenvalue weighted by molar-refractivity contribution is 6.02. The van der Waals surface area contributed by atoms with E-state index in [2.05, 4.69) is 20.1 Å². The van der Waals surface area contributed by atoms with Gasteiger partial charge in [0.2, 0.25) is 5.91 Å². The van der Waals surface area contributed by atoms with E-state index in [0.29, 0.717) is 0 Å². The lowest BCUT2D eigenvalue weighted by Gasteiger charge is -2.08. The third kappa shape index (κ3) is 4.37. The number of carbonyl (C=O) groups excluding carboxylic acids is 1. The maximum Gasteiger partial charge on any atom is 0.248 e. The third-order valence-corrected chi connectivity index (χ3v) is 5.07. The smallest absolute Gasteiger partial charge is 0.248 e. The lowest BCUT2D eigenvalue weighted by atomic mass is 10.1. The molecule has 0 bridgehead atoms. The first-order valence-electron chi connectivity index (χ1n) is 9.89. The maximum absolute atomic E-state index is 12.3. The minimum absolute atomic E-state index is 0.194. The molecular formula is C23H24N4O2. The van der Waals surface area contributed by atoms with E-state index in [9.17, 15) is 4.79 Å². The van der Waals surface area contributed by atoms with E-state index in [4.69, 9.17) is 4.74 Å². The molecule has 3 aromatic rings. The number of carbonyl (C=O) groups is 1. The number of hydrogen-bond donors (Lipinski definition) is 1. The van der Waals surface area contributed by atoms with Crippen molar-refractivity contribution in [2.24, 2.45) is 0 Å². The van der Waals surface area contributed by atoms with Crippen molar-refractivity contribution < 1.29 is 9.53 Å². The molecule has 0 saturated carbocycles. The van der Waals surface area contributed by atoms with Crippen molar-refractivity contribution in [2.75, 3.05) is 12.4 Å². The molecule has 4 rings (SSSR count). The van der Waals surface area contributed by atoms with Gasteiger partial charge in [0.05, 0.1) is 7.11 Å². The number of benzene rings is 2. The van der Waals surface area contributed by atoms with Crippen LogP contribution in [0.2, 0.25) is 0 Å². The number of methoxy groups -OCH3 is 1. The summed E-state index contributed by atoms with van der Waals surface area (Å²) >= 11 is 0. The van der Waals surface area contributed by atoms with Crippen LogP contribution in [-0.2, 0) is 17.8 Å². The number of aromatic nitrogens is 3. The minimum atomic E-state index is -0.194. The van der Waals surface area contributed by atoms with Crippen LogP contribution in [0.1, 0.15) is 30.7 Å². The van der Waals surface area contributed by atoms with Crippen LogP contribution in [-0.4, -0.2) is 27.8 Å². The minimum Gasteiger partial charge on any atom is -0.496 e. The zero-order valence-corrected chi connectivity index (χ0v) is 16.5. The molecule has 1 aromatic heterocycles. The van der Waals surface area contributed by atoms with Crippen LogP contribution in [0.25, 0.3) is 17.5 Å². The molecule has 1 aliphatic rings. The second kappa shape index (κ2) is 8.73. The number of para-hydroxylation sites is 1. The molecule has 2 aromatic carbocycles. The van der Waals surface area contributed by atoms with E-state index in [1.165, 1.54) is 18.9 Å². The molecule has 2 heterocycles. The molecule has 0 aliphatic carbocycles. The second-order valence-electron chi connectivity index (χ2n) is 7.04. The lowest BCUT2D eigenvalue weighted by Crippen LogP contribution is -2.07. The highest BCUT2D eigenvalue weighted by atomic mass is 16.5. The summed E-state index contributed by atoms with van der Waals surface area (Å²) in [6.07, 6.45) is 7.80. The van der Waals surface area contributed by atoms with E-state index in [-0.39, 0.29) is 5.91 Å². The highest BCUT2D eigenvalue weighted by Crippen LogP contribution is 2.24. The van der Waals surface area contributed by atoms with Crippen LogP contribution in [0.3, 0.4) is 0 Å². The Kier molecular flexibility index (Phi) is 5.70. The van der Waals surface area contributed by atoms with Crippen LogP contribution in [0.15, 0.2) is 54.6 Å². The van der Waals surface area contributed by atoms with Gasteiger partial charge in [0, 0.05) is 35.9 Å². The van der Waals surface area contributed by atoms with E-state index in [1.807, 2.05) is 48.5 Å². The SMILES string of the molecule is COc1ccccc1/C=C/C(=O)Nc1ccc(-c2nnc3n2CCCCC3)cc1. The van der Waals surface area contributed by atoms with Gasteiger partial charge in [0.15, 0.2) is 5.82 Å². The topological polar surface area (TPSA) is 69.0 Å². The molecule has 29 heavy (non-hydrogen) atoms. The van der Waals surface area contributed by atoms with Crippen molar-refractivity contribution in [1.82, 2.24) is 14.8 Å². The number of nitrogens with one attached hydrogen (secondary N) is 1. The van der Waals surface area contributed by atoms with Crippen molar-refractivity contribution >= 4 is 17.7 Å². The highest BCUT2D eigenvalue weighted by Gasteiger charge is 2.15. The summed E-state index contributed by atoms with van der Waals surface area (Å²) in [6, 6.07) is 15.3. The predicted molar refractivity (Wildman–Crippen MR) is 114 cm³/mol. The molecule has 148 valence electrons. The Hall–Kier alpha value is -3.41. The van der Waals surface area contributed by atoms with Crippen LogP contribution in [0.5, 0.6) is 5.75 Å². The van der Waals surface area contributed by atoms with Gasteiger partial charge in [-0.1, -0.05) is 24.6 Å². The number of rotatable bonds is 5. The summed E-state index contributed by atoms with van der Waals surface area (Å²) in [6.45, 7) is 0.962. The van der Waals surface area contributed by atoms with Gasteiger partial charge in [0.1, 0.15) is 11.6 Å². The van der Waals surface area contributed by atoms with Crippen molar-refractivity contribution in [1.29, 1.82) is 0 Å². The summed E-state index contributed by atoms with van der Waals surface area (Å²) in [7, 11) is 1.61. The Morgan fingerprint density at radius 2 is 1.90 bits per heavy atom. The fraction of sp³-hybridized carbons (Fsp3) is 0.261. The Morgan fingerprint density at radius 3 is 2.72 bits per heavy atom. The fourth-order valence-electron chi connectivity index (χ4n) is 3.55. The molecule has 0 spiro atoms. The number of fused-ring (bicyclic) bond motifs is 1. The van der Waals surface area contributed by atoms with E-state index < -0.39 is 0 Å². The second-order valence-corrected chi connectivity index (χ2v) is 7.04. The van der Waals surface area contributed by atoms with Gasteiger partial charge in [-0.05, 0) is 49.2 Å². The van der Waals surface area contributed by atoms with Gasteiger partial charge in [-0.3, -0.25) is 4.79 Å². The van der Waals surface area contributed by atoms with Gasteiger partial charge in [-0.25, -0.2) is 0 Å². The Bertz CT molecular complexity index is 1020. The first-order chi connectivity index (χ1) is 14.2. The number of anilines is 1. The number of aryl methyl sites for hydroxylation is 1. The number of amides is 1. The first-order valence-corrected chi connectivity index (χ1v) is 9.89. The molecule has 1 N–H and O–H groups in total. The van der Waals surface area contributed by atoms with Gasteiger partial charge in [0.25, 0.3) is 0 Å². The normalized spacial score (nSPS) is 13.7. The average molecular weight is 388 g/mol. The summed E-state index contributed by atoms with van der Waals surface area (Å²) in [5.74, 6) is 2.50. The molecule has 0 saturated heterocycles. The maximum atomic E-state index is 12.3. The van der Waals surface area contributed by atoms with Crippen LogP contribution in [0.4, 0.5) is 5.69 Å². The Labute approximate surface area is 170 Å². The van der Waals surface area contributed by atoms with Crippen LogP contribution in [0, 0.1) is 0 Å². The monoisotopic (exact) mass is 388 g/mol. The van der Waals surface area contributed by atoms with Crippen LogP contribution >= 0.6 is 0 Å². The van der Waals surface area contributed by atoms with Gasteiger partial charge < -0.3 is 14.6 Å². The standard InChI is InChI=1S/C23H24N4O2/c1-29-20-8-5-4-7-17(20)12-15-22(28)24-19-13-10-18(11-14-19)23-26-25-21-9-3-2-6-16-27(21)23/h4-5,7-8,10-15H,2-3,6,9,16H2,1H3,(H,24,28)/b15-12+. The molecule has 1 aliphatic heterocycles. The van der Waals surface area contributed by atoms with E-state index in [1.54, 1.807) is 13.2 Å².